The van der Waals surface area contributed by atoms with Gasteiger partial charge in [-0.1, -0.05) is 32.0 Å². The molecule has 1 atom stereocenters. The highest BCUT2D eigenvalue weighted by Crippen LogP contribution is 2.17. The number of fused-ring (bicyclic) bond motifs is 1. The summed E-state index contributed by atoms with van der Waals surface area (Å²) in [6.07, 6.45) is 3.69. The van der Waals surface area contributed by atoms with E-state index in [0.717, 1.165) is 18.4 Å². The van der Waals surface area contributed by atoms with E-state index in [9.17, 15) is 4.79 Å². The first-order valence-electron chi connectivity index (χ1n) is 7.64. The van der Waals surface area contributed by atoms with Crippen molar-refractivity contribution in [2.24, 2.45) is 17.6 Å². The van der Waals surface area contributed by atoms with Gasteiger partial charge in [0.1, 0.15) is 0 Å². The van der Waals surface area contributed by atoms with Crippen molar-refractivity contribution in [3.05, 3.63) is 36.0 Å². The number of carbonyl (C=O) groups is 1. The van der Waals surface area contributed by atoms with Crippen molar-refractivity contribution in [3.63, 3.8) is 0 Å². The number of aromatic amines is 1. The Morgan fingerprint density at radius 1 is 1.33 bits per heavy atom. The Balaban J connectivity index is 1.87. The van der Waals surface area contributed by atoms with E-state index in [0.29, 0.717) is 19.0 Å². The normalized spacial score (nSPS) is 12.8. The van der Waals surface area contributed by atoms with Crippen LogP contribution in [0.15, 0.2) is 30.5 Å². The fourth-order valence-electron chi connectivity index (χ4n) is 2.68. The van der Waals surface area contributed by atoms with Crippen molar-refractivity contribution in [2.75, 3.05) is 13.1 Å². The number of para-hydroxylation sites is 1. The number of nitrogens with two attached hydrogens (primary N) is 1. The van der Waals surface area contributed by atoms with E-state index in [1.165, 1.54) is 10.9 Å². The second kappa shape index (κ2) is 7.27. The summed E-state index contributed by atoms with van der Waals surface area (Å²) < 4.78 is 0. The van der Waals surface area contributed by atoms with Gasteiger partial charge in [0.05, 0.1) is 5.92 Å². The van der Waals surface area contributed by atoms with Gasteiger partial charge in [-0.05, 0) is 30.4 Å². The fourth-order valence-corrected chi connectivity index (χ4v) is 2.68. The molecule has 1 aromatic heterocycles. The van der Waals surface area contributed by atoms with Gasteiger partial charge in [-0.25, -0.2) is 0 Å². The minimum Gasteiger partial charge on any atom is -0.361 e. The Morgan fingerprint density at radius 2 is 2.10 bits per heavy atom. The Morgan fingerprint density at radius 3 is 2.81 bits per heavy atom. The van der Waals surface area contributed by atoms with Gasteiger partial charge in [-0.2, -0.15) is 0 Å². The molecule has 0 radical (unpaired) electrons. The van der Waals surface area contributed by atoms with Crippen LogP contribution in [-0.2, 0) is 11.2 Å². The molecule has 0 aliphatic carbocycles. The molecule has 114 valence electrons. The number of nitrogens with one attached hydrogen (secondary N) is 2. The van der Waals surface area contributed by atoms with E-state index in [-0.39, 0.29) is 11.8 Å². The quantitative estimate of drug-likeness (QED) is 0.732. The smallest absolute Gasteiger partial charge is 0.224 e. The zero-order chi connectivity index (χ0) is 15.2. The zero-order valence-corrected chi connectivity index (χ0v) is 12.9. The lowest BCUT2D eigenvalue weighted by atomic mass is 9.96. The molecule has 1 unspecified atom stereocenters. The van der Waals surface area contributed by atoms with Gasteiger partial charge in [-0.15, -0.1) is 0 Å². The van der Waals surface area contributed by atoms with E-state index in [1.54, 1.807) is 0 Å². The average molecular weight is 287 g/mol. The minimum atomic E-state index is -0.0760. The van der Waals surface area contributed by atoms with Crippen molar-refractivity contribution in [1.82, 2.24) is 10.3 Å². The van der Waals surface area contributed by atoms with E-state index in [1.807, 2.05) is 18.3 Å². The predicted molar refractivity (Wildman–Crippen MR) is 87.0 cm³/mol. The van der Waals surface area contributed by atoms with Gasteiger partial charge in [0.25, 0.3) is 0 Å². The zero-order valence-electron chi connectivity index (χ0n) is 12.9. The standard InChI is InChI=1S/C17H25N3O/c1-12(2)9-14(10-18)17(21)19-8-7-13-11-20-16-6-4-3-5-15(13)16/h3-6,11-12,14,20H,7-10,18H2,1-2H3,(H,19,21). The summed E-state index contributed by atoms with van der Waals surface area (Å²) in [6, 6.07) is 8.21. The monoisotopic (exact) mass is 287 g/mol. The number of H-pyrrole nitrogens is 1. The molecule has 4 nitrogen and oxygen atoms in total. The molecule has 4 heteroatoms. The van der Waals surface area contributed by atoms with E-state index < -0.39 is 0 Å². The lowest BCUT2D eigenvalue weighted by molar-refractivity contribution is -0.125. The van der Waals surface area contributed by atoms with Gasteiger partial charge in [0, 0.05) is 30.2 Å². The van der Waals surface area contributed by atoms with Crippen LogP contribution in [-0.4, -0.2) is 24.0 Å². The van der Waals surface area contributed by atoms with Crippen LogP contribution in [0.1, 0.15) is 25.8 Å². The molecule has 21 heavy (non-hydrogen) atoms. The minimum absolute atomic E-state index is 0.0750. The van der Waals surface area contributed by atoms with E-state index >= 15 is 0 Å². The summed E-state index contributed by atoms with van der Waals surface area (Å²) in [6.45, 7) is 5.29. The number of rotatable bonds is 7. The molecule has 0 aliphatic rings. The van der Waals surface area contributed by atoms with Gasteiger partial charge < -0.3 is 16.0 Å². The second-order valence-electron chi connectivity index (χ2n) is 5.96. The highest BCUT2D eigenvalue weighted by molar-refractivity contribution is 5.83. The number of carbonyl (C=O) groups excluding carboxylic acids is 1. The molecule has 1 heterocycles. The van der Waals surface area contributed by atoms with Crippen LogP contribution in [0.3, 0.4) is 0 Å². The predicted octanol–water partition coefficient (Wildman–Crippen LogP) is 2.45. The summed E-state index contributed by atoms with van der Waals surface area (Å²) in [4.78, 5) is 15.4. The van der Waals surface area contributed by atoms with Crippen LogP contribution in [0.5, 0.6) is 0 Å². The van der Waals surface area contributed by atoms with E-state index in [2.05, 4.69) is 36.3 Å². The lowest BCUT2D eigenvalue weighted by Gasteiger charge is -2.16. The Kier molecular flexibility index (Phi) is 5.39. The molecular weight excluding hydrogens is 262 g/mol. The molecule has 1 amide bonds. The molecule has 2 aromatic rings. The van der Waals surface area contributed by atoms with Crippen molar-refractivity contribution in [3.8, 4) is 0 Å². The molecule has 0 saturated heterocycles. The lowest BCUT2D eigenvalue weighted by Crippen LogP contribution is -2.36. The van der Waals surface area contributed by atoms with Crippen molar-refractivity contribution in [2.45, 2.75) is 26.7 Å². The number of hydrogen-bond donors (Lipinski definition) is 3. The first-order chi connectivity index (χ1) is 10.1. The van der Waals surface area contributed by atoms with Crippen LogP contribution < -0.4 is 11.1 Å². The van der Waals surface area contributed by atoms with Crippen LogP contribution >= 0.6 is 0 Å². The molecule has 0 saturated carbocycles. The Labute approximate surface area is 126 Å². The number of amides is 1. The third-order valence-corrected chi connectivity index (χ3v) is 3.78. The molecular formula is C17H25N3O. The van der Waals surface area contributed by atoms with Gasteiger partial charge >= 0.3 is 0 Å². The van der Waals surface area contributed by atoms with Crippen molar-refractivity contribution < 1.29 is 4.79 Å². The highest BCUT2D eigenvalue weighted by atomic mass is 16.1. The second-order valence-corrected chi connectivity index (χ2v) is 5.96. The third kappa shape index (κ3) is 4.08. The molecule has 0 fully saturated rings. The fraction of sp³-hybridized carbons (Fsp3) is 0.471. The first kappa shape index (κ1) is 15.6. The maximum atomic E-state index is 12.1. The van der Waals surface area contributed by atoms with Gasteiger partial charge in [0.2, 0.25) is 5.91 Å². The van der Waals surface area contributed by atoms with Gasteiger partial charge in [-0.3, -0.25) is 4.79 Å². The Bertz CT molecular complexity index is 588. The largest absolute Gasteiger partial charge is 0.361 e. The summed E-state index contributed by atoms with van der Waals surface area (Å²) in [5.41, 5.74) is 8.07. The average Bonchev–Trinajstić information content (AvgIpc) is 2.88. The summed E-state index contributed by atoms with van der Waals surface area (Å²) >= 11 is 0. The maximum absolute atomic E-state index is 12.1. The third-order valence-electron chi connectivity index (χ3n) is 3.78. The topological polar surface area (TPSA) is 70.9 Å². The summed E-state index contributed by atoms with van der Waals surface area (Å²) in [5.74, 6) is 0.483. The van der Waals surface area contributed by atoms with E-state index in [4.69, 9.17) is 5.73 Å². The Hall–Kier alpha value is -1.81. The summed E-state index contributed by atoms with van der Waals surface area (Å²) in [5, 5.41) is 4.24. The SMILES string of the molecule is CC(C)CC(CN)C(=O)NCCc1c[nH]c2ccccc12. The first-order valence-corrected chi connectivity index (χ1v) is 7.64. The molecule has 4 N–H and O–H groups in total. The highest BCUT2D eigenvalue weighted by Gasteiger charge is 2.17. The van der Waals surface area contributed by atoms with Crippen LogP contribution in [0.4, 0.5) is 0 Å². The maximum Gasteiger partial charge on any atom is 0.224 e. The van der Waals surface area contributed by atoms with Gasteiger partial charge in [0.15, 0.2) is 0 Å². The number of hydrogen-bond acceptors (Lipinski definition) is 2. The molecule has 2 rings (SSSR count). The molecule has 0 spiro atoms. The number of benzene rings is 1. The molecule has 0 bridgehead atoms. The molecule has 0 aliphatic heterocycles. The number of aromatic nitrogens is 1. The van der Waals surface area contributed by atoms with Crippen molar-refractivity contribution in [1.29, 1.82) is 0 Å². The van der Waals surface area contributed by atoms with Crippen LogP contribution in [0, 0.1) is 11.8 Å². The molecule has 1 aromatic carbocycles. The van der Waals surface area contributed by atoms with Crippen LogP contribution in [0.25, 0.3) is 10.9 Å². The summed E-state index contributed by atoms with van der Waals surface area (Å²) in [7, 11) is 0. The van der Waals surface area contributed by atoms with Crippen LogP contribution in [0.2, 0.25) is 0 Å². The van der Waals surface area contributed by atoms with Crippen molar-refractivity contribution >= 4 is 16.8 Å².